The fourth-order valence-corrected chi connectivity index (χ4v) is 5.62. The Hall–Kier alpha value is -2.90. The molecule has 0 bridgehead atoms. The van der Waals surface area contributed by atoms with Crippen molar-refractivity contribution in [3.8, 4) is 11.8 Å². The number of benzene rings is 2. The molecule has 0 saturated heterocycles. The van der Waals surface area contributed by atoms with Crippen LogP contribution in [-0.4, -0.2) is 38.0 Å². The van der Waals surface area contributed by atoms with Gasteiger partial charge in [-0.2, -0.15) is 5.26 Å². The van der Waals surface area contributed by atoms with Crippen molar-refractivity contribution < 1.29 is 31.8 Å². The van der Waals surface area contributed by atoms with Gasteiger partial charge in [0.1, 0.15) is 23.9 Å². The molecule has 32 heavy (non-hydrogen) atoms. The molecule has 0 spiro atoms. The number of hydrogen-bond donors (Lipinski definition) is 2. The highest BCUT2D eigenvalue weighted by Crippen LogP contribution is 2.36. The van der Waals surface area contributed by atoms with Crippen LogP contribution in [0.5, 0.6) is 5.75 Å². The fourth-order valence-electron chi connectivity index (χ4n) is 3.21. The molecule has 2 atom stereocenters. The average molecular weight is 487 g/mol. The summed E-state index contributed by atoms with van der Waals surface area (Å²) in [7, 11) is -3.61. The summed E-state index contributed by atoms with van der Waals surface area (Å²) in [6.45, 7) is 0.226. The number of hydrogen-bond acceptors (Lipinski definition) is 5. The quantitative estimate of drug-likeness (QED) is 0.461. The van der Waals surface area contributed by atoms with E-state index in [0.717, 1.165) is 12.1 Å². The molecule has 0 heterocycles. The first kappa shape index (κ1) is 25.4. The van der Waals surface area contributed by atoms with Gasteiger partial charge in [0.15, 0.2) is 9.84 Å². The Balaban J connectivity index is 0.000000451. The van der Waals surface area contributed by atoms with Crippen molar-refractivity contribution in [3.05, 3.63) is 59.1 Å². The Morgan fingerprint density at radius 3 is 2.41 bits per heavy atom. The molecular formula is C21H21ClF2N2O5S. The first-order chi connectivity index (χ1) is 15.1. The van der Waals surface area contributed by atoms with E-state index in [9.17, 15) is 22.0 Å². The molecule has 2 aromatic rings. The second-order valence-corrected chi connectivity index (χ2v) is 9.61. The van der Waals surface area contributed by atoms with Gasteiger partial charge in [-0.05, 0) is 67.6 Å². The molecule has 2 N–H and O–H groups in total. The summed E-state index contributed by atoms with van der Waals surface area (Å²) in [5.41, 5.74) is 0. The zero-order valence-electron chi connectivity index (χ0n) is 16.8. The molecule has 7 nitrogen and oxygen atoms in total. The van der Waals surface area contributed by atoms with E-state index in [1.807, 2.05) is 5.32 Å². The molecule has 172 valence electrons. The molecule has 3 rings (SSSR count). The van der Waals surface area contributed by atoms with Gasteiger partial charge in [-0.3, -0.25) is 0 Å². The van der Waals surface area contributed by atoms with E-state index in [0.29, 0.717) is 31.6 Å². The van der Waals surface area contributed by atoms with Crippen LogP contribution in [0, 0.1) is 28.9 Å². The number of carbonyl (C=O) groups is 1. The van der Waals surface area contributed by atoms with Gasteiger partial charge >= 0.3 is 6.09 Å². The second kappa shape index (κ2) is 11.6. The Kier molecular flexibility index (Phi) is 9.23. The minimum absolute atomic E-state index is 0.0272. The van der Waals surface area contributed by atoms with Crippen molar-refractivity contribution in [2.75, 3.05) is 13.2 Å². The smallest absolute Gasteiger partial charge is 0.405 e. The van der Waals surface area contributed by atoms with E-state index >= 15 is 0 Å². The highest BCUT2D eigenvalue weighted by molar-refractivity contribution is 7.92. The molecule has 11 heteroatoms. The van der Waals surface area contributed by atoms with Gasteiger partial charge in [0, 0.05) is 0 Å². The Bertz CT molecular complexity index is 1070. The van der Waals surface area contributed by atoms with E-state index < -0.39 is 27.0 Å². The first-order valence-corrected chi connectivity index (χ1v) is 11.5. The van der Waals surface area contributed by atoms with Crippen molar-refractivity contribution in [1.29, 1.82) is 5.26 Å². The molecule has 1 aliphatic rings. The van der Waals surface area contributed by atoms with E-state index in [2.05, 4.69) is 0 Å². The van der Waals surface area contributed by atoms with Gasteiger partial charge < -0.3 is 15.2 Å². The van der Waals surface area contributed by atoms with Crippen molar-refractivity contribution in [2.24, 2.45) is 5.92 Å². The van der Waals surface area contributed by atoms with Crippen LogP contribution in [0.4, 0.5) is 13.6 Å². The molecule has 1 fully saturated rings. The minimum atomic E-state index is -3.61. The van der Waals surface area contributed by atoms with Crippen LogP contribution in [0.2, 0.25) is 5.02 Å². The first-order valence-electron chi connectivity index (χ1n) is 9.54. The van der Waals surface area contributed by atoms with Crippen molar-refractivity contribution >= 4 is 27.5 Å². The summed E-state index contributed by atoms with van der Waals surface area (Å²) < 4.78 is 57.1. The molecular weight excluding hydrogens is 466 g/mol. The van der Waals surface area contributed by atoms with E-state index in [1.165, 1.54) is 30.3 Å². The Morgan fingerprint density at radius 2 is 1.84 bits per heavy atom. The van der Waals surface area contributed by atoms with Crippen molar-refractivity contribution in [2.45, 2.75) is 29.4 Å². The van der Waals surface area contributed by atoms with Gasteiger partial charge in [-0.15, -0.1) is 0 Å². The number of carboxylic acid groups (broad SMARTS) is 1. The number of nitrogens with one attached hydrogen (secondary N) is 1. The number of sulfone groups is 1. The monoisotopic (exact) mass is 486 g/mol. The number of nitriles is 1. The van der Waals surface area contributed by atoms with Crippen LogP contribution in [0.15, 0.2) is 47.4 Å². The molecule has 1 aliphatic carbocycles. The van der Waals surface area contributed by atoms with Crippen LogP contribution >= 0.6 is 11.6 Å². The standard InChI is InChI=1S/C18H17ClF2O3S.C3H4N2O2/c19-17-10-14(21)4-8-18(17)25(22,23)16-7-1-12(9-16)11-24-15-5-2-13(20)3-6-15;4-1-2-5-3(6)7/h2-6,8,10,12,16H,1,7,9,11H2;5H,2H2,(H,6,7)/t12-,16-;/m1./s1. The molecule has 1 saturated carbocycles. The van der Waals surface area contributed by atoms with Crippen LogP contribution in [0.1, 0.15) is 19.3 Å². The largest absolute Gasteiger partial charge is 0.493 e. The lowest BCUT2D eigenvalue weighted by Crippen LogP contribution is -2.20. The number of nitrogens with zero attached hydrogens (tertiary/aromatic N) is 1. The lowest BCUT2D eigenvalue weighted by Gasteiger charge is -2.14. The summed E-state index contributed by atoms with van der Waals surface area (Å²) in [5, 5.41) is 16.7. The van der Waals surface area contributed by atoms with E-state index in [-0.39, 0.29) is 28.2 Å². The molecule has 0 radical (unpaired) electrons. The summed E-state index contributed by atoms with van der Waals surface area (Å²) >= 11 is 5.91. The fraction of sp³-hybridized carbons (Fsp3) is 0.333. The van der Waals surface area contributed by atoms with Gasteiger partial charge in [-0.1, -0.05) is 11.6 Å². The summed E-state index contributed by atoms with van der Waals surface area (Å²) in [4.78, 5) is 9.47. The lowest BCUT2D eigenvalue weighted by molar-refractivity contribution is 0.196. The average Bonchev–Trinajstić information content (AvgIpc) is 3.22. The maximum Gasteiger partial charge on any atom is 0.405 e. The highest BCUT2D eigenvalue weighted by atomic mass is 35.5. The van der Waals surface area contributed by atoms with Gasteiger partial charge in [0.2, 0.25) is 0 Å². The van der Waals surface area contributed by atoms with Gasteiger partial charge in [-0.25, -0.2) is 22.0 Å². The predicted octanol–water partition coefficient (Wildman–Crippen LogP) is 4.42. The maximum atomic E-state index is 13.1. The summed E-state index contributed by atoms with van der Waals surface area (Å²) in [6.07, 6.45) is 0.510. The minimum Gasteiger partial charge on any atom is -0.493 e. The molecule has 0 aliphatic heterocycles. The zero-order valence-corrected chi connectivity index (χ0v) is 18.4. The SMILES string of the molecule is N#CCNC(=O)O.O=S(=O)(c1ccc(F)cc1Cl)[C@@H]1CC[C@@H](COc2ccc(F)cc2)C1. The van der Waals surface area contributed by atoms with Crippen LogP contribution < -0.4 is 10.1 Å². The van der Waals surface area contributed by atoms with E-state index in [4.69, 9.17) is 26.7 Å². The Morgan fingerprint density at radius 1 is 1.19 bits per heavy atom. The number of halogens is 3. The number of ether oxygens (including phenoxy) is 1. The number of amides is 1. The van der Waals surface area contributed by atoms with Gasteiger partial charge in [0.25, 0.3) is 0 Å². The normalized spacial score (nSPS) is 17.6. The predicted molar refractivity (Wildman–Crippen MR) is 113 cm³/mol. The van der Waals surface area contributed by atoms with E-state index in [1.54, 1.807) is 6.07 Å². The van der Waals surface area contributed by atoms with Crippen LogP contribution in [-0.2, 0) is 9.84 Å². The molecule has 0 unspecified atom stereocenters. The van der Waals surface area contributed by atoms with Crippen LogP contribution in [0.3, 0.4) is 0 Å². The van der Waals surface area contributed by atoms with Crippen molar-refractivity contribution in [3.63, 3.8) is 0 Å². The molecule has 2 aromatic carbocycles. The van der Waals surface area contributed by atoms with Gasteiger partial charge in [0.05, 0.1) is 27.8 Å². The van der Waals surface area contributed by atoms with Crippen LogP contribution in [0.25, 0.3) is 0 Å². The molecule has 1 amide bonds. The van der Waals surface area contributed by atoms with Crippen molar-refractivity contribution in [1.82, 2.24) is 5.32 Å². The highest BCUT2D eigenvalue weighted by Gasteiger charge is 2.36. The summed E-state index contributed by atoms with van der Waals surface area (Å²) in [6, 6.07) is 10.6. The second-order valence-electron chi connectivity index (χ2n) is 7.00. The number of rotatable bonds is 6. The topological polar surface area (TPSA) is 116 Å². The third-order valence-electron chi connectivity index (χ3n) is 4.75. The maximum absolute atomic E-state index is 13.1. The lowest BCUT2D eigenvalue weighted by atomic mass is 10.1. The summed E-state index contributed by atoms with van der Waals surface area (Å²) in [5.74, 6) is -0.269. The Labute approximate surface area is 189 Å². The third-order valence-corrected chi connectivity index (χ3v) is 7.45. The third kappa shape index (κ3) is 7.35. The molecule has 0 aromatic heterocycles. The zero-order chi connectivity index (χ0) is 23.7.